The molecule has 0 aromatic heterocycles. The number of aliphatic hydroxyl groups is 1. The van der Waals surface area contributed by atoms with Crippen LogP contribution in [0.2, 0.25) is 0 Å². The van der Waals surface area contributed by atoms with Gasteiger partial charge in [-0.15, -0.1) is 0 Å². The van der Waals surface area contributed by atoms with Crippen LogP contribution >= 0.6 is 0 Å². The monoisotopic (exact) mass is 317 g/mol. The number of benzene rings is 3. The first kappa shape index (κ1) is 16.4. The average molecular weight is 317 g/mol. The van der Waals surface area contributed by atoms with Gasteiger partial charge in [-0.25, -0.2) is 0 Å². The molecule has 3 aromatic rings. The first-order chi connectivity index (χ1) is 11.8. The maximum atomic E-state index is 10.9. The van der Waals surface area contributed by atoms with Gasteiger partial charge in [-0.1, -0.05) is 91.0 Å². The van der Waals surface area contributed by atoms with E-state index in [1.165, 1.54) is 5.56 Å². The SMILES string of the molecule is O[C@@H](c1ccccc1)[C@H](NCCc1ccccc1)c1ccccc1. The Labute approximate surface area is 143 Å². The van der Waals surface area contributed by atoms with Gasteiger partial charge in [-0.05, 0) is 29.7 Å². The molecule has 3 rings (SSSR count). The van der Waals surface area contributed by atoms with E-state index in [-0.39, 0.29) is 6.04 Å². The first-order valence-electron chi connectivity index (χ1n) is 8.40. The van der Waals surface area contributed by atoms with E-state index in [9.17, 15) is 5.11 Å². The molecule has 0 saturated heterocycles. The van der Waals surface area contributed by atoms with Gasteiger partial charge in [0.1, 0.15) is 0 Å². The molecule has 0 saturated carbocycles. The summed E-state index contributed by atoms with van der Waals surface area (Å²) in [5.41, 5.74) is 3.33. The normalized spacial score (nSPS) is 13.4. The Morgan fingerprint density at radius 3 is 1.75 bits per heavy atom. The largest absolute Gasteiger partial charge is 0.386 e. The van der Waals surface area contributed by atoms with Crippen molar-refractivity contribution in [3.63, 3.8) is 0 Å². The number of nitrogens with one attached hydrogen (secondary N) is 1. The molecule has 3 aromatic carbocycles. The van der Waals surface area contributed by atoms with E-state index in [0.29, 0.717) is 0 Å². The predicted octanol–water partition coefficient (Wildman–Crippen LogP) is 4.29. The summed E-state index contributed by atoms with van der Waals surface area (Å²) < 4.78 is 0. The maximum Gasteiger partial charge on any atom is 0.0984 e. The minimum Gasteiger partial charge on any atom is -0.386 e. The van der Waals surface area contributed by atoms with Gasteiger partial charge in [-0.3, -0.25) is 0 Å². The molecule has 0 fully saturated rings. The highest BCUT2D eigenvalue weighted by Crippen LogP contribution is 2.28. The molecule has 2 N–H and O–H groups in total. The number of hydrogen-bond donors (Lipinski definition) is 2. The summed E-state index contributed by atoms with van der Waals surface area (Å²) in [7, 11) is 0. The molecule has 0 unspecified atom stereocenters. The van der Waals surface area contributed by atoms with E-state index in [2.05, 4.69) is 41.7 Å². The van der Waals surface area contributed by atoms with Gasteiger partial charge >= 0.3 is 0 Å². The minimum absolute atomic E-state index is 0.127. The van der Waals surface area contributed by atoms with Crippen LogP contribution in [0.3, 0.4) is 0 Å². The van der Waals surface area contributed by atoms with E-state index >= 15 is 0 Å². The Bertz CT molecular complexity index is 713. The lowest BCUT2D eigenvalue weighted by molar-refractivity contribution is 0.129. The molecular formula is C22H23NO. The molecular weight excluding hydrogens is 294 g/mol. The summed E-state index contributed by atoms with van der Waals surface area (Å²) in [4.78, 5) is 0. The fourth-order valence-corrected chi connectivity index (χ4v) is 2.93. The lowest BCUT2D eigenvalue weighted by atomic mass is 9.95. The molecule has 0 heterocycles. The van der Waals surface area contributed by atoms with Crippen LogP contribution in [0.4, 0.5) is 0 Å². The van der Waals surface area contributed by atoms with Gasteiger partial charge in [0, 0.05) is 0 Å². The Morgan fingerprint density at radius 2 is 1.17 bits per heavy atom. The third kappa shape index (κ3) is 4.31. The number of rotatable bonds is 7. The zero-order valence-corrected chi connectivity index (χ0v) is 13.7. The van der Waals surface area contributed by atoms with Crippen LogP contribution in [0.15, 0.2) is 91.0 Å². The Balaban J connectivity index is 1.73. The average Bonchev–Trinajstić information content (AvgIpc) is 2.67. The third-order valence-corrected chi connectivity index (χ3v) is 4.24. The summed E-state index contributed by atoms with van der Waals surface area (Å²) in [6, 6.07) is 30.3. The molecule has 122 valence electrons. The quantitative estimate of drug-likeness (QED) is 0.681. The highest BCUT2D eigenvalue weighted by Gasteiger charge is 2.21. The first-order valence-corrected chi connectivity index (χ1v) is 8.40. The van der Waals surface area contributed by atoms with Gasteiger partial charge in [0.2, 0.25) is 0 Å². The molecule has 0 radical (unpaired) electrons. The lowest BCUT2D eigenvalue weighted by Crippen LogP contribution is -2.29. The van der Waals surface area contributed by atoms with E-state index < -0.39 is 6.10 Å². The second-order valence-corrected chi connectivity index (χ2v) is 5.93. The summed E-state index contributed by atoms with van der Waals surface area (Å²) in [6.45, 7) is 0.813. The molecule has 0 amide bonds. The van der Waals surface area contributed by atoms with Crippen LogP contribution in [0.1, 0.15) is 28.8 Å². The van der Waals surface area contributed by atoms with Crippen molar-refractivity contribution in [2.45, 2.75) is 18.6 Å². The van der Waals surface area contributed by atoms with Crippen LogP contribution in [0.5, 0.6) is 0 Å². The lowest BCUT2D eigenvalue weighted by Gasteiger charge is -2.25. The zero-order valence-electron chi connectivity index (χ0n) is 13.7. The number of aliphatic hydroxyl groups excluding tert-OH is 1. The van der Waals surface area contributed by atoms with Crippen molar-refractivity contribution in [1.82, 2.24) is 5.32 Å². The van der Waals surface area contributed by atoms with E-state index in [1.807, 2.05) is 54.6 Å². The highest BCUT2D eigenvalue weighted by atomic mass is 16.3. The number of hydrogen-bond acceptors (Lipinski definition) is 2. The van der Waals surface area contributed by atoms with Crippen LogP contribution in [0.25, 0.3) is 0 Å². The Morgan fingerprint density at radius 1 is 0.667 bits per heavy atom. The summed E-state index contributed by atoms with van der Waals surface area (Å²) in [5, 5.41) is 14.4. The molecule has 24 heavy (non-hydrogen) atoms. The van der Waals surface area contributed by atoms with Crippen molar-refractivity contribution in [1.29, 1.82) is 0 Å². The molecule has 0 bridgehead atoms. The van der Waals surface area contributed by atoms with Gasteiger partial charge < -0.3 is 10.4 Å². The van der Waals surface area contributed by atoms with Gasteiger partial charge in [0.15, 0.2) is 0 Å². The minimum atomic E-state index is -0.579. The third-order valence-electron chi connectivity index (χ3n) is 4.24. The fourth-order valence-electron chi connectivity index (χ4n) is 2.93. The van der Waals surface area contributed by atoms with Crippen LogP contribution in [-0.2, 0) is 6.42 Å². The molecule has 0 aliphatic carbocycles. The van der Waals surface area contributed by atoms with E-state index in [1.54, 1.807) is 0 Å². The van der Waals surface area contributed by atoms with Crippen molar-refractivity contribution in [3.05, 3.63) is 108 Å². The molecule has 2 atom stereocenters. The smallest absolute Gasteiger partial charge is 0.0984 e. The van der Waals surface area contributed by atoms with Gasteiger partial charge in [0.25, 0.3) is 0 Å². The fraction of sp³-hybridized carbons (Fsp3) is 0.182. The summed E-state index contributed by atoms with van der Waals surface area (Å²) in [5.74, 6) is 0. The molecule has 0 aliphatic heterocycles. The highest BCUT2D eigenvalue weighted by molar-refractivity contribution is 5.26. The Hall–Kier alpha value is -2.42. The van der Waals surface area contributed by atoms with Crippen LogP contribution in [0, 0.1) is 0 Å². The molecule has 0 aliphatic rings. The van der Waals surface area contributed by atoms with Crippen molar-refractivity contribution >= 4 is 0 Å². The van der Waals surface area contributed by atoms with Crippen molar-refractivity contribution < 1.29 is 5.11 Å². The van der Waals surface area contributed by atoms with Crippen molar-refractivity contribution in [2.24, 2.45) is 0 Å². The Kier molecular flexibility index (Phi) is 5.78. The van der Waals surface area contributed by atoms with Crippen LogP contribution < -0.4 is 5.32 Å². The summed E-state index contributed by atoms with van der Waals surface area (Å²) >= 11 is 0. The van der Waals surface area contributed by atoms with Gasteiger partial charge in [0.05, 0.1) is 12.1 Å². The zero-order chi connectivity index (χ0) is 16.6. The second-order valence-electron chi connectivity index (χ2n) is 5.93. The predicted molar refractivity (Wildman–Crippen MR) is 98.7 cm³/mol. The standard InChI is InChI=1S/C22H23NO/c24-22(20-14-8-3-9-15-20)21(19-12-6-2-7-13-19)23-17-16-18-10-4-1-5-11-18/h1-15,21-24H,16-17H2/t21-,22+/m1/s1. The van der Waals surface area contributed by atoms with Crippen molar-refractivity contribution in [2.75, 3.05) is 6.54 Å². The second kappa shape index (κ2) is 8.44. The molecule has 2 heteroatoms. The molecule has 2 nitrogen and oxygen atoms in total. The van der Waals surface area contributed by atoms with E-state index in [0.717, 1.165) is 24.1 Å². The van der Waals surface area contributed by atoms with Crippen LogP contribution in [-0.4, -0.2) is 11.7 Å². The summed E-state index contributed by atoms with van der Waals surface area (Å²) in [6.07, 6.45) is 0.357. The van der Waals surface area contributed by atoms with Gasteiger partial charge in [-0.2, -0.15) is 0 Å². The van der Waals surface area contributed by atoms with Crippen molar-refractivity contribution in [3.8, 4) is 0 Å². The molecule has 0 spiro atoms. The maximum absolute atomic E-state index is 10.9. The topological polar surface area (TPSA) is 32.3 Å². The van der Waals surface area contributed by atoms with E-state index in [4.69, 9.17) is 0 Å².